The zero-order valence-corrected chi connectivity index (χ0v) is 13.1. The first-order valence-corrected chi connectivity index (χ1v) is 7.73. The zero-order chi connectivity index (χ0) is 15.5. The maximum atomic E-state index is 12.6. The van der Waals surface area contributed by atoms with E-state index in [1.54, 1.807) is 6.20 Å². The van der Waals surface area contributed by atoms with Gasteiger partial charge in [0.05, 0.1) is 5.56 Å². The van der Waals surface area contributed by atoms with Crippen molar-refractivity contribution >= 4 is 17.4 Å². The smallest absolute Gasteiger partial charge is 0.259 e. The third kappa shape index (κ3) is 3.11. The van der Waals surface area contributed by atoms with Crippen LogP contribution in [0.5, 0.6) is 0 Å². The predicted molar refractivity (Wildman–Crippen MR) is 89.6 cm³/mol. The summed E-state index contributed by atoms with van der Waals surface area (Å²) in [4.78, 5) is 19.3. The second-order valence-corrected chi connectivity index (χ2v) is 5.90. The highest BCUT2D eigenvalue weighted by molar-refractivity contribution is 6.07. The van der Waals surface area contributed by atoms with Gasteiger partial charge in [0.25, 0.3) is 5.91 Å². The third-order valence-corrected chi connectivity index (χ3v) is 3.92. The van der Waals surface area contributed by atoms with Crippen molar-refractivity contribution in [2.75, 3.05) is 23.3 Å². The molecule has 1 aliphatic heterocycles. The monoisotopic (exact) mass is 295 g/mol. The zero-order valence-electron chi connectivity index (χ0n) is 13.1. The largest absolute Gasteiger partial charge is 0.356 e. The van der Waals surface area contributed by atoms with Gasteiger partial charge in [-0.3, -0.25) is 4.79 Å². The maximum Gasteiger partial charge on any atom is 0.259 e. The van der Waals surface area contributed by atoms with Crippen LogP contribution in [0.1, 0.15) is 34.3 Å². The molecule has 2 aromatic rings. The molecule has 0 radical (unpaired) electrons. The first-order chi connectivity index (χ1) is 10.6. The van der Waals surface area contributed by atoms with Gasteiger partial charge in [-0.05, 0) is 62.1 Å². The first-order valence-electron chi connectivity index (χ1n) is 7.73. The number of carbonyl (C=O) groups excluding carboxylic acids is 1. The minimum Gasteiger partial charge on any atom is -0.356 e. The number of rotatable bonds is 3. The number of benzene rings is 1. The van der Waals surface area contributed by atoms with E-state index in [-0.39, 0.29) is 5.91 Å². The molecule has 1 aromatic carbocycles. The lowest BCUT2D eigenvalue weighted by atomic mass is 10.1. The number of carbonyl (C=O) groups is 1. The summed E-state index contributed by atoms with van der Waals surface area (Å²) in [6, 6.07) is 9.72. The van der Waals surface area contributed by atoms with E-state index in [0.717, 1.165) is 48.6 Å². The van der Waals surface area contributed by atoms with Crippen LogP contribution in [-0.4, -0.2) is 24.0 Å². The van der Waals surface area contributed by atoms with Gasteiger partial charge < -0.3 is 10.2 Å². The minimum atomic E-state index is -0.0972. The number of nitrogens with zero attached hydrogens (tertiary/aromatic N) is 2. The average Bonchev–Trinajstić information content (AvgIpc) is 3.00. The Bertz CT molecular complexity index is 670. The summed E-state index contributed by atoms with van der Waals surface area (Å²) in [6.07, 6.45) is 4.07. The molecule has 1 N–H and O–H groups in total. The van der Waals surface area contributed by atoms with Crippen molar-refractivity contribution in [2.24, 2.45) is 0 Å². The highest BCUT2D eigenvalue weighted by Crippen LogP contribution is 2.23. The molecule has 4 nitrogen and oxygen atoms in total. The van der Waals surface area contributed by atoms with Gasteiger partial charge in [0.2, 0.25) is 0 Å². The molecule has 3 rings (SSSR count). The Hall–Kier alpha value is -2.36. The molecule has 0 spiro atoms. The van der Waals surface area contributed by atoms with Crippen LogP contribution in [0, 0.1) is 13.8 Å². The van der Waals surface area contributed by atoms with E-state index in [0.29, 0.717) is 5.56 Å². The molecule has 0 unspecified atom stereocenters. The first kappa shape index (κ1) is 14.6. The van der Waals surface area contributed by atoms with Crippen LogP contribution in [0.3, 0.4) is 0 Å². The summed E-state index contributed by atoms with van der Waals surface area (Å²) in [5.41, 5.74) is 3.75. The lowest BCUT2D eigenvalue weighted by Gasteiger charge is -2.19. The van der Waals surface area contributed by atoms with E-state index in [1.165, 1.54) is 0 Å². The summed E-state index contributed by atoms with van der Waals surface area (Å²) in [7, 11) is 0. The van der Waals surface area contributed by atoms with Crippen LogP contribution < -0.4 is 10.2 Å². The Balaban J connectivity index is 1.86. The number of hydrogen-bond donors (Lipinski definition) is 1. The van der Waals surface area contributed by atoms with Crippen LogP contribution in [0.15, 0.2) is 36.5 Å². The number of aryl methyl sites for hydroxylation is 2. The Morgan fingerprint density at radius 1 is 1.14 bits per heavy atom. The molecule has 22 heavy (non-hydrogen) atoms. The molecule has 0 bridgehead atoms. The number of anilines is 2. The lowest BCUT2D eigenvalue weighted by molar-refractivity contribution is 0.102. The van der Waals surface area contributed by atoms with Crippen LogP contribution >= 0.6 is 0 Å². The van der Waals surface area contributed by atoms with Gasteiger partial charge in [-0.15, -0.1) is 0 Å². The van der Waals surface area contributed by atoms with E-state index >= 15 is 0 Å². The second kappa shape index (κ2) is 6.18. The van der Waals surface area contributed by atoms with Gasteiger partial charge in [0.1, 0.15) is 5.82 Å². The van der Waals surface area contributed by atoms with E-state index in [4.69, 9.17) is 0 Å². The number of aromatic nitrogens is 1. The lowest BCUT2D eigenvalue weighted by Crippen LogP contribution is -2.24. The molecule has 1 amide bonds. The molecule has 1 saturated heterocycles. The Labute approximate surface area is 131 Å². The van der Waals surface area contributed by atoms with Gasteiger partial charge in [-0.1, -0.05) is 6.07 Å². The Kier molecular flexibility index (Phi) is 4.09. The molecule has 1 aliphatic rings. The quantitative estimate of drug-likeness (QED) is 0.942. The van der Waals surface area contributed by atoms with E-state index in [9.17, 15) is 4.79 Å². The van der Waals surface area contributed by atoms with Crippen LogP contribution in [0.4, 0.5) is 11.5 Å². The van der Waals surface area contributed by atoms with Gasteiger partial charge in [-0.2, -0.15) is 0 Å². The summed E-state index contributed by atoms with van der Waals surface area (Å²) >= 11 is 0. The average molecular weight is 295 g/mol. The topological polar surface area (TPSA) is 45.2 Å². The highest BCUT2D eigenvalue weighted by atomic mass is 16.1. The highest BCUT2D eigenvalue weighted by Gasteiger charge is 2.20. The van der Waals surface area contributed by atoms with Gasteiger partial charge in [-0.25, -0.2) is 4.98 Å². The molecule has 4 heteroatoms. The molecule has 1 fully saturated rings. The number of nitrogens with one attached hydrogen (secondary N) is 1. The van der Waals surface area contributed by atoms with Crippen molar-refractivity contribution in [3.8, 4) is 0 Å². The van der Waals surface area contributed by atoms with E-state index < -0.39 is 0 Å². The summed E-state index contributed by atoms with van der Waals surface area (Å²) in [5, 5.41) is 3.00. The molecule has 0 saturated carbocycles. The molecule has 114 valence electrons. The summed E-state index contributed by atoms with van der Waals surface area (Å²) in [5.74, 6) is 0.696. The second-order valence-electron chi connectivity index (χ2n) is 5.90. The van der Waals surface area contributed by atoms with Crippen molar-refractivity contribution in [1.82, 2.24) is 4.98 Å². The number of pyridine rings is 1. The maximum absolute atomic E-state index is 12.6. The number of hydrogen-bond acceptors (Lipinski definition) is 3. The number of amides is 1. The fourth-order valence-electron chi connectivity index (χ4n) is 3.00. The fourth-order valence-corrected chi connectivity index (χ4v) is 3.00. The van der Waals surface area contributed by atoms with Crippen molar-refractivity contribution in [3.63, 3.8) is 0 Å². The molecular weight excluding hydrogens is 274 g/mol. The Morgan fingerprint density at radius 3 is 2.50 bits per heavy atom. The normalized spacial score (nSPS) is 14.2. The van der Waals surface area contributed by atoms with Gasteiger partial charge in [0, 0.05) is 25.0 Å². The molecule has 0 atom stereocenters. The third-order valence-electron chi connectivity index (χ3n) is 3.92. The molecule has 2 heterocycles. The summed E-state index contributed by atoms with van der Waals surface area (Å²) in [6.45, 7) is 6.01. The van der Waals surface area contributed by atoms with Crippen LogP contribution in [0.2, 0.25) is 0 Å². The van der Waals surface area contributed by atoms with Crippen molar-refractivity contribution in [3.05, 3.63) is 53.2 Å². The van der Waals surface area contributed by atoms with Crippen molar-refractivity contribution < 1.29 is 4.79 Å². The SMILES string of the molecule is Cc1cc(C)cc(NC(=O)c2cccnc2N2CCCC2)c1. The molecule has 0 aliphatic carbocycles. The molecular formula is C18H21N3O. The van der Waals surface area contributed by atoms with Crippen LogP contribution in [0.25, 0.3) is 0 Å². The Morgan fingerprint density at radius 2 is 1.82 bits per heavy atom. The van der Waals surface area contributed by atoms with Crippen LogP contribution in [-0.2, 0) is 0 Å². The predicted octanol–water partition coefficient (Wildman–Crippen LogP) is 3.55. The van der Waals surface area contributed by atoms with Crippen molar-refractivity contribution in [2.45, 2.75) is 26.7 Å². The fraction of sp³-hybridized carbons (Fsp3) is 0.333. The van der Waals surface area contributed by atoms with Gasteiger partial charge in [0.15, 0.2) is 0 Å². The van der Waals surface area contributed by atoms with Gasteiger partial charge >= 0.3 is 0 Å². The summed E-state index contributed by atoms with van der Waals surface area (Å²) < 4.78 is 0. The van der Waals surface area contributed by atoms with Crippen molar-refractivity contribution in [1.29, 1.82) is 0 Å². The standard InChI is InChI=1S/C18H21N3O/c1-13-10-14(2)12-15(11-13)20-18(22)16-6-5-7-19-17(16)21-8-3-4-9-21/h5-7,10-12H,3-4,8-9H2,1-2H3,(H,20,22). The van der Waals surface area contributed by atoms with E-state index in [1.807, 2.05) is 38.1 Å². The minimum absolute atomic E-state index is 0.0972. The van der Waals surface area contributed by atoms with E-state index in [2.05, 4.69) is 21.3 Å². The molecule has 1 aromatic heterocycles.